The Bertz CT molecular complexity index is 935. The van der Waals surface area contributed by atoms with Gasteiger partial charge in [0.25, 0.3) is 10.0 Å². The van der Waals surface area contributed by atoms with E-state index in [-0.39, 0.29) is 10.1 Å². The molecule has 104 valence electrons. The van der Waals surface area contributed by atoms with Crippen molar-refractivity contribution >= 4 is 43.5 Å². The number of phenolic OH excluding ortho intramolecular Hbond substituents is 1. The van der Waals surface area contributed by atoms with Gasteiger partial charge in [-0.3, -0.25) is 0 Å². The summed E-state index contributed by atoms with van der Waals surface area (Å²) in [7, 11) is -3.85. The van der Waals surface area contributed by atoms with Gasteiger partial charge in [-0.15, -0.1) is 5.10 Å². The van der Waals surface area contributed by atoms with Crippen LogP contribution in [0.4, 0.5) is 5.69 Å². The smallest absolute Gasteiger partial charge is 0.267 e. The van der Waals surface area contributed by atoms with Crippen molar-refractivity contribution in [2.75, 3.05) is 0 Å². The van der Waals surface area contributed by atoms with Crippen LogP contribution in [0.25, 0.3) is 4.96 Å². The van der Waals surface area contributed by atoms with Crippen LogP contribution in [0.5, 0.6) is 5.75 Å². The molecule has 8 nitrogen and oxygen atoms in total. The number of aromatic hydroxyl groups is 1. The van der Waals surface area contributed by atoms with E-state index in [1.165, 1.54) is 16.6 Å². The monoisotopic (exact) mass is 329 g/mol. The van der Waals surface area contributed by atoms with Gasteiger partial charge in [-0.1, -0.05) is 11.3 Å². The molecule has 0 atom stereocenters. The van der Waals surface area contributed by atoms with Gasteiger partial charge >= 0.3 is 0 Å². The predicted octanol–water partition coefficient (Wildman–Crippen LogP) is 0.438. The third kappa shape index (κ3) is 2.43. The number of fused-ring (bicyclic) bond motifs is 1. The molecule has 1 aromatic carbocycles. The van der Waals surface area contributed by atoms with E-state index in [0.29, 0.717) is 15.4 Å². The fourth-order valence-corrected chi connectivity index (χ4v) is 3.67. The van der Waals surface area contributed by atoms with Crippen LogP contribution < -0.4 is 9.94 Å². The van der Waals surface area contributed by atoms with Crippen LogP contribution in [-0.4, -0.2) is 27.5 Å². The molecule has 0 spiro atoms. The summed E-state index contributed by atoms with van der Waals surface area (Å²) >= 11 is 1.96. The minimum Gasteiger partial charge on any atom is -0.508 e. The maximum atomic E-state index is 11.2. The summed E-state index contributed by atoms with van der Waals surface area (Å²) in [4.78, 5) is 5.10. The molecule has 0 amide bonds. The highest BCUT2D eigenvalue weighted by molar-refractivity contribution is 7.91. The van der Waals surface area contributed by atoms with Crippen molar-refractivity contribution in [2.45, 2.75) is 4.34 Å². The maximum Gasteiger partial charge on any atom is 0.267 e. The lowest BCUT2D eigenvalue weighted by Gasteiger charge is -1.92. The van der Waals surface area contributed by atoms with Gasteiger partial charge in [0.2, 0.25) is 14.1 Å². The van der Waals surface area contributed by atoms with Gasteiger partial charge in [-0.25, -0.2) is 18.5 Å². The first kappa shape index (κ1) is 13.2. The predicted molar refractivity (Wildman–Crippen MR) is 73.4 cm³/mol. The van der Waals surface area contributed by atoms with Gasteiger partial charge in [-0.05, 0) is 24.3 Å². The second-order valence-electron chi connectivity index (χ2n) is 3.70. The minimum absolute atomic E-state index is 0.135. The van der Waals surface area contributed by atoms with Crippen LogP contribution in [0, 0.1) is 0 Å². The van der Waals surface area contributed by atoms with Crippen molar-refractivity contribution in [3.05, 3.63) is 29.1 Å². The van der Waals surface area contributed by atoms with Gasteiger partial charge in [-0.2, -0.15) is 8.89 Å². The summed E-state index contributed by atoms with van der Waals surface area (Å²) in [5.74, 6) is 0.135. The number of sulfonamides is 1. The molecule has 0 fully saturated rings. The van der Waals surface area contributed by atoms with E-state index in [2.05, 4.69) is 14.5 Å². The van der Waals surface area contributed by atoms with E-state index in [1.807, 2.05) is 0 Å². The van der Waals surface area contributed by atoms with Crippen molar-refractivity contribution in [1.29, 1.82) is 0 Å². The first-order chi connectivity index (χ1) is 9.43. The van der Waals surface area contributed by atoms with E-state index in [9.17, 15) is 13.5 Å². The molecule has 11 heteroatoms. The molecule has 3 rings (SSSR count). The molecule has 0 saturated heterocycles. The molecule has 0 saturated carbocycles. The minimum atomic E-state index is -3.85. The lowest BCUT2D eigenvalue weighted by atomic mass is 10.3. The largest absolute Gasteiger partial charge is 0.508 e. The van der Waals surface area contributed by atoms with Crippen molar-refractivity contribution in [2.24, 2.45) is 10.1 Å². The second kappa shape index (κ2) is 4.63. The number of benzene rings is 1. The van der Waals surface area contributed by atoms with Gasteiger partial charge in [0.05, 0.1) is 5.69 Å². The number of aromatic nitrogens is 3. The number of hydrogen-bond acceptors (Lipinski definition) is 8. The molecular formula is C9H7N5O3S3. The Labute approximate surface area is 120 Å². The fourth-order valence-electron chi connectivity index (χ4n) is 1.39. The molecule has 0 bridgehead atoms. The second-order valence-corrected chi connectivity index (χ2v) is 7.12. The lowest BCUT2D eigenvalue weighted by Crippen LogP contribution is -2.14. The number of primary sulfonamides is 1. The normalized spacial score (nSPS) is 13.2. The van der Waals surface area contributed by atoms with Crippen LogP contribution in [0.2, 0.25) is 0 Å². The zero-order valence-electron chi connectivity index (χ0n) is 9.66. The molecular weight excluding hydrogens is 322 g/mol. The van der Waals surface area contributed by atoms with Crippen molar-refractivity contribution in [3.63, 3.8) is 0 Å². The zero-order chi connectivity index (χ0) is 14.3. The average Bonchev–Trinajstić information content (AvgIpc) is 2.93. The van der Waals surface area contributed by atoms with E-state index in [1.54, 1.807) is 12.1 Å². The summed E-state index contributed by atoms with van der Waals surface area (Å²) < 4.78 is 27.6. The highest BCUT2D eigenvalue weighted by Gasteiger charge is 2.16. The molecule has 0 radical (unpaired) electrons. The van der Waals surface area contributed by atoms with Crippen molar-refractivity contribution in [1.82, 2.24) is 14.0 Å². The van der Waals surface area contributed by atoms with Crippen molar-refractivity contribution < 1.29 is 13.5 Å². The highest BCUT2D eigenvalue weighted by Crippen LogP contribution is 2.18. The molecule has 3 N–H and O–H groups in total. The Balaban J connectivity index is 2.17. The number of nitrogens with two attached hydrogens (primary N) is 1. The average molecular weight is 329 g/mol. The molecule has 0 aliphatic carbocycles. The summed E-state index contributed by atoms with van der Waals surface area (Å²) in [6.45, 7) is 0. The highest BCUT2D eigenvalue weighted by atomic mass is 32.2. The van der Waals surface area contributed by atoms with Crippen LogP contribution >= 0.6 is 22.9 Å². The number of hydrogen-bond donors (Lipinski definition) is 2. The molecule has 0 unspecified atom stereocenters. The Morgan fingerprint density at radius 3 is 2.65 bits per heavy atom. The van der Waals surface area contributed by atoms with Crippen molar-refractivity contribution in [3.8, 4) is 5.75 Å². The number of nitrogens with zero attached hydrogens (tertiary/aromatic N) is 4. The zero-order valence-corrected chi connectivity index (χ0v) is 12.1. The van der Waals surface area contributed by atoms with Gasteiger partial charge < -0.3 is 5.11 Å². The summed E-state index contributed by atoms with van der Waals surface area (Å²) in [5, 5.41) is 18.1. The Morgan fingerprint density at radius 1 is 1.30 bits per heavy atom. The van der Waals surface area contributed by atoms with Gasteiger partial charge in [0.1, 0.15) is 5.75 Å². The molecule has 2 heterocycles. The van der Waals surface area contributed by atoms with Crippen LogP contribution in [0.3, 0.4) is 0 Å². The van der Waals surface area contributed by atoms with E-state index in [0.717, 1.165) is 22.9 Å². The van der Waals surface area contributed by atoms with Crippen LogP contribution in [0.1, 0.15) is 0 Å². The van der Waals surface area contributed by atoms with E-state index in [4.69, 9.17) is 5.14 Å². The number of rotatable bonds is 2. The van der Waals surface area contributed by atoms with Gasteiger partial charge in [0.15, 0.2) is 0 Å². The molecule has 3 aromatic rings. The third-order valence-electron chi connectivity index (χ3n) is 2.25. The number of phenols is 1. The molecule has 20 heavy (non-hydrogen) atoms. The van der Waals surface area contributed by atoms with Crippen LogP contribution in [0.15, 0.2) is 33.6 Å². The topological polar surface area (TPSA) is 123 Å². The summed E-state index contributed by atoms with van der Waals surface area (Å²) in [6, 6.07) is 6.24. The first-order valence-corrected chi connectivity index (χ1v) is 8.29. The maximum absolute atomic E-state index is 11.2. The first-order valence-electron chi connectivity index (χ1n) is 5.15. The lowest BCUT2D eigenvalue weighted by molar-refractivity contribution is 0.475. The standard InChI is InChI=1S/C9H7N5O3S3/c10-20(16,17)9-12-14-7(19-13-8(14)18-9)11-5-1-3-6(15)4-2-5/h1-4,15H,(H2,10,16,17). The molecule has 0 aliphatic heterocycles. The fraction of sp³-hybridized carbons (Fsp3) is 0. The van der Waals surface area contributed by atoms with Crippen LogP contribution in [-0.2, 0) is 10.0 Å². The van der Waals surface area contributed by atoms with E-state index < -0.39 is 10.0 Å². The van der Waals surface area contributed by atoms with Gasteiger partial charge in [0, 0.05) is 11.5 Å². The Morgan fingerprint density at radius 2 is 2.00 bits per heavy atom. The summed E-state index contributed by atoms with van der Waals surface area (Å²) in [5.41, 5.74) is 0.589. The third-order valence-corrected chi connectivity index (χ3v) is 5.27. The Kier molecular flexibility index (Phi) is 3.05. The van der Waals surface area contributed by atoms with E-state index >= 15 is 0 Å². The SMILES string of the molecule is NS(=O)(=O)c1nn2c(=Nc3ccc(O)cc3)snc2s1. The summed E-state index contributed by atoms with van der Waals surface area (Å²) in [6.07, 6.45) is 0. The molecule has 2 aromatic heterocycles. The Hall–Kier alpha value is -1.82. The quantitative estimate of drug-likeness (QED) is 0.706. The molecule has 0 aliphatic rings.